The summed E-state index contributed by atoms with van der Waals surface area (Å²) in [6, 6.07) is 7.44. The molecule has 4 heterocycles. The Morgan fingerprint density at radius 1 is 1.20 bits per heavy atom. The van der Waals surface area contributed by atoms with E-state index in [1.165, 1.54) is 6.07 Å². The number of thiophene rings is 1. The Morgan fingerprint density at radius 2 is 2.06 bits per heavy atom. The monoisotopic (exact) mass is 484 g/mol. The van der Waals surface area contributed by atoms with Gasteiger partial charge in [-0.15, -0.1) is 0 Å². The average molecular weight is 485 g/mol. The van der Waals surface area contributed by atoms with Crippen molar-refractivity contribution in [3.05, 3.63) is 83.1 Å². The van der Waals surface area contributed by atoms with E-state index in [1.807, 2.05) is 61.9 Å². The van der Waals surface area contributed by atoms with E-state index in [1.54, 1.807) is 23.6 Å². The summed E-state index contributed by atoms with van der Waals surface area (Å²) in [5.41, 5.74) is 6.73. The highest BCUT2D eigenvalue weighted by molar-refractivity contribution is 7.08. The number of aromatic nitrogens is 5. The third kappa shape index (κ3) is 4.28. The fourth-order valence-electron chi connectivity index (χ4n) is 4.07. The van der Waals surface area contributed by atoms with Crippen LogP contribution in [0.15, 0.2) is 71.7 Å². The summed E-state index contributed by atoms with van der Waals surface area (Å²) in [6.07, 6.45) is 7.28. The molecule has 0 spiro atoms. The van der Waals surface area contributed by atoms with Crippen molar-refractivity contribution >= 4 is 38.8 Å². The van der Waals surface area contributed by atoms with E-state index in [2.05, 4.69) is 32.1 Å². The van der Waals surface area contributed by atoms with Crippen LogP contribution < -0.4 is 5.32 Å². The van der Waals surface area contributed by atoms with Crippen molar-refractivity contribution in [1.29, 1.82) is 0 Å². The Balaban J connectivity index is 1.63. The van der Waals surface area contributed by atoms with Gasteiger partial charge in [-0.05, 0) is 62.1 Å². The van der Waals surface area contributed by atoms with Crippen LogP contribution in [-0.4, -0.2) is 31.2 Å². The van der Waals surface area contributed by atoms with Crippen molar-refractivity contribution in [3.63, 3.8) is 0 Å². The standard InChI is InChI=1S/C27H25FN6S/c1-5-16(11-18(6-2)30-15(3)4)19-12-20-23(13-21(19)28)33-34-25(20)27-31-22-7-9-29-24(26(22)32-27)17-8-10-35-14-17/h5-15,30H,2H2,1,3-4H3,(H,31,32)(H,33,34)/b16-5+,18-11+. The van der Waals surface area contributed by atoms with Crippen LogP contribution in [-0.2, 0) is 0 Å². The van der Waals surface area contributed by atoms with E-state index in [9.17, 15) is 0 Å². The van der Waals surface area contributed by atoms with Gasteiger partial charge in [0.25, 0.3) is 0 Å². The third-order valence-corrected chi connectivity index (χ3v) is 6.36. The van der Waals surface area contributed by atoms with Crippen LogP contribution in [0, 0.1) is 5.82 Å². The fourth-order valence-corrected chi connectivity index (χ4v) is 4.72. The molecule has 0 saturated heterocycles. The Bertz CT molecular complexity index is 1590. The van der Waals surface area contributed by atoms with Gasteiger partial charge in [0.05, 0.1) is 16.7 Å². The molecule has 0 aliphatic heterocycles. The SMILES string of the molecule is C=C/C(=C\C(=C/C)c1cc2c(-c3nc4c(-c5ccsc5)nccc4[nH]3)n[nH]c2cc1F)NC(C)C. The van der Waals surface area contributed by atoms with Gasteiger partial charge in [0.2, 0.25) is 0 Å². The number of hydrogen-bond donors (Lipinski definition) is 3. The topological polar surface area (TPSA) is 82.3 Å². The lowest BCUT2D eigenvalue weighted by atomic mass is 10.0. The lowest BCUT2D eigenvalue weighted by molar-refractivity contribution is 0.626. The van der Waals surface area contributed by atoms with Gasteiger partial charge in [0.1, 0.15) is 17.0 Å². The van der Waals surface area contributed by atoms with Crippen LogP contribution in [0.2, 0.25) is 0 Å². The van der Waals surface area contributed by atoms with Gasteiger partial charge in [0.15, 0.2) is 5.82 Å². The predicted octanol–water partition coefficient (Wildman–Crippen LogP) is 6.84. The van der Waals surface area contributed by atoms with E-state index >= 15 is 4.39 Å². The second-order valence-corrected chi connectivity index (χ2v) is 9.23. The molecule has 0 aliphatic rings. The number of aromatic amines is 2. The molecule has 35 heavy (non-hydrogen) atoms. The first-order valence-electron chi connectivity index (χ1n) is 11.3. The lowest BCUT2D eigenvalue weighted by Gasteiger charge is -2.12. The van der Waals surface area contributed by atoms with Crippen molar-refractivity contribution in [1.82, 2.24) is 30.5 Å². The summed E-state index contributed by atoms with van der Waals surface area (Å²) < 4.78 is 15.2. The molecule has 176 valence electrons. The van der Waals surface area contributed by atoms with Gasteiger partial charge >= 0.3 is 0 Å². The maximum absolute atomic E-state index is 15.2. The first kappa shape index (κ1) is 22.7. The number of halogens is 1. The van der Waals surface area contributed by atoms with Crippen LogP contribution in [0.25, 0.3) is 50.3 Å². The van der Waals surface area contributed by atoms with Gasteiger partial charge in [-0.25, -0.2) is 9.37 Å². The lowest BCUT2D eigenvalue weighted by Crippen LogP contribution is -2.20. The van der Waals surface area contributed by atoms with Gasteiger partial charge in [-0.2, -0.15) is 16.4 Å². The first-order chi connectivity index (χ1) is 17.0. The van der Waals surface area contributed by atoms with E-state index in [0.717, 1.165) is 38.9 Å². The van der Waals surface area contributed by atoms with Crippen molar-refractivity contribution in [2.75, 3.05) is 0 Å². The largest absolute Gasteiger partial charge is 0.383 e. The zero-order chi connectivity index (χ0) is 24.5. The number of hydrogen-bond acceptors (Lipinski definition) is 5. The highest BCUT2D eigenvalue weighted by Gasteiger charge is 2.18. The van der Waals surface area contributed by atoms with Crippen molar-refractivity contribution in [2.45, 2.75) is 26.8 Å². The van der Waals surface area contributed by atoms with Crippen molar-refractivity contribution < 1.29 is 4.39 Å². The van der Waals surface area contributed by atoms with E-state index < -0.39 is 0 Å². The van der Waals surface area contributed by atoms with Gasteiger partial charge in [-0.1, -0.05) is 12.7 Å². The molecule has 0 amide bonds. The number of fused-ring (bicyclic) bond motifs is 2. The number of nitrogens with one attached hydrogen (secondary N) is 3. The maximum atomic E-state index is 15.2. The Labute approximate surface area is 206 Å². The number of pyridine rings is 1. The minimum absolute atomic E-state index is 0.228. The molecule has 6 nitrogen and oxygen atoms in total. The minimum Gasteiger partial charge on any atom is -0.383 e. The molecule has 0 fully saturated rings. The molecule has 1 aromatic carbocycles. The summed E-state index contributed by atoms with van der Waals surface area (Å²) in [6.45, 7) is 9.86. The number of H-pyrrole nitrogens is 2. The molecule has 5 rings (SSSR count). The summed E-state index contributed by atoms with van der Waals surface area (Å²) in [7, 11) is 0. The molecular formula is C27H25FN6S. The van der Waals surface area contributed by atoms with Gasteiger partial charge in [-0.3, -0.25) is 10.1 Å². The molecule has 3 N–H and O–H groups in total. The Hall–Kier alpha value is -4.04. The molecule has 0 aliphatic carbocycles. The average Bonchev–Trinajstić information content (AvgIpc) is 3.60. The Kier molecular flexibility index (Phi) is 6.05. The summed E-state index contributed by atoms with van der Waals surface area (Å²) in [5, 5.41) is 15.6. The van der Waals surface area contributed by atoms with Crippen LogP contribution in [0.5, 0.6) is 0 Å². The van der Waals surface area contributed by atoms with Crippen LogP contribution >= 0.6 is 11.3 Å². The predicted molar refractivity (Wildman–Crippen MR) is 142 cm³/mol. The molecule has 0 bridgehead atoms. The Morgan fingerprint density at radius 3 is 2.77 bits per heavy atom. The van der Waals surface area contributed by atoms with Crippen LogP contribution in [0.1, 0.15) is 26.3 Å². The van der Waals surface area contributed by atoms with Crippen molar-refractivity contribution in [2.24, 2.45) is 0 Å². The number of imidazole rings is 1. The van der Waals surface area contributed by atoms with Crippen LogP contribution in [0.4, 0.5) is 4.39 Å². The zero-order valence-electron chi connectivity index (χ0n) is 19.7. The number of nitrogens with zero attached hydrogens (tertiary/aromatic N) is 3. The molecule has 5 aromatic rings. The summed E-state index contributed by atoms with van der Waals surface area (Å²) >= 11 is 1.61. The van der Waals surface area contributed by atoms with E-state index in [0.29, 0.717) is 22.6 Å². The molecule has 0 saturated carbocycles. The smallest absolute Gasteiger partial charge is 0.159 e. The zero-order valence-corrected chi connectivity index (χ0v) is 20.5. The molecule has 8 heteroatoms. The third-order valence-electron chi connectivity index (χ3n) is 5.68. The van der Waals surface area contributed by atoms with E-state index in [-0.39, 0.29) is 11.9 Å². The molecular weight excluding hydrogens is 459 g/mol. The number of rotatable bonds is 7. The molecule has 4 aromatic heterocycles. The maximum Gasteiger partial charge on any atom is 0.159 e. The highest BCUT2D eigenvalue weighted by atomic mass is 32.1. The normalized spacial score (nSPS) is 12.7. The first-order valence-corrected chi connectivity index (χ1v) is 12.3. The summed E-state index contributed by atoms with van der Waals surface area (Å²) in [5.74, 6) is 0.262. The number of benzene rings is 1. The van der Waals surface area contributed by atoms with E-state index in [4.69, 9.17) is 4.98 Å². The second-order valence-electron chi connectivity index (χ2n) is 8.45. The molecule has 0 unspecified atom stereocenters. The fraction of sp³-hybridized carbons (Fsp3) is 0.148. The molecule has 0 radical (unpaired) electrons. The van der Waals surface area contributed by atoms with Gasteiger partial charge in [0, 0.05) is 45.9 Å². The molecule has 0 atom stereocenters. The second kappa shape index (κ2) is 9.31. The van der Waals surface area contributed by atoms with Crippen molar-refractivity contribution in [3.8, 4) is 22.8 Å². The minimum atomic E-state index is -0.335. The summed E-state index contributed by atoms with van der Waals surface area (Å²) in [4.78, 5) is 12.7. The van der Waals surface area contributed by atoms with Gasteiger partial charge < -0.3 is 10.3 Å². The van der Waals surface area contributed by atoms with Crippen LogP contribution in [0.3, 0.4) is 0 Å². The highest BCUT2D eigenvalue weighted by Crippen LogP contribution is 2.33. The number of allylic oxidation sites excluding steroid dienone is 4. The quantitative estimate of drug-likeness (QED) is 0.221.